The summed E-state index contributed by atoms with van der Waals surface area (Å²) >= 11 is 0. The second-order valence-corrected chi connectivity index (χ2v) is 7.99. The van der Waals surface area contributed by atoms with E-state index in [1.165, 1.54) is 6.07 Å². The number of hydrogen-bond donors (Lipinski definition) is 2. The molecule has 4 rings (SSSR count). The van der Waals surface area contributed by atoms with Gasteiger partial charge in [-0.25, -0.2) is 0 Å². The Morgan fingerprint density at radius 2 is 1.83 bits per heavy atom. The molecular formula is C22H26N2O5. The van der Waals surface area contributed by atoms with E-state index < -0.39 is 6.10 Å². The summed E-state index contributed by atoms with van der Waals surface area (Å²) < 4.78 is 11.4. The molecule has 2 heterocycles. The average molecular weight is 398 g/mol. The van der Waals surface area contributed by atoms with Crippen molar-refractivity contribution in [1.29, 1.82) is 0 Å². The van der Waals surface area contributed by atoms with Gasteiger partial charge in [0.15, 0.2) is 11.5 Å². The van der Waals surface area contributed by atoms with Crippen molar-refractivity contribution >= 4 is 5.91 Å². The first-order chi connectivity index (χ1) is 13.9. The first-order valence-corrected chi connectivity index (χ1v) is 9.92. The third-order valence-corrected chi connectivity index (χ3v) is 5.95. The maximum Gasteiger partial charge on any atom is 0.254 e. The predicted molar refractivity (Wildman–Crippen MR) is 107 cm³/mol. The number of H-pyrrole nitrogens is 1. The van der Waals surface area contributed by atoms with Crippen LogP contribution < -0.4 is 15.0 Å². The van der Waals surface area contributed by atoms with Gasteiger partial charge in [0.2, 0.25) is 5.56 Å². The lowest BCUT2D eigenvalue weighted by Gasteiger charge is -2.35. The summed E-state index contributed by atoms with van der Waals surface area (Å²) in [4.78, 5) is 29.1. The minimum Gasteiger partial charge on any atom is -0.493 e. The molecule has 2 aromatic rings. The van der Waals surface area contributed by atoms with Crippen LogP contribution in [0.25, 0.3) is 0 Å². The number of hydrogen-bond acceptors (Lipinski definition) is 5. The van der Waals surface area contributed by atoms with E-state index in [9.17, 15) is 14.7 Å². The van der Waals surface area contributed by atoms with Crippen LogP contribution in [0.5, 0.6) is 11.5 Å². The zero-order chi connectivity index (χ0) is 20.5. The Kier molecular flexibility index (Phi) is 5.32. The minimum atomic E-state index is -0.599. The number of benzene rings is 1. The quantitative estimate of drug-likeness (QED) is 0.822. The standard InChI is InChI=1S/C22H26N2O5/c1-13-7-14(10-21(26)23-13)22(27)24-11-15-8-17(25)20(9-16(15)12-24)29-19-6-4-3-5-18(19)28-2/h3-7,10,15-17,20,25H,8-9,11-12H2,1-2H3,(H,23,26)/t15-,16+,17+,20+/m0/s1. The number of nitrogens with zero attached hydrogens (tertiary/aromatic N) is 1. The normalized spacial score (nSPS) is 26.1. The highest BCUT2D eigenvalue weighted by molar-refractivity contribution is 5.94. The Morgan fingerprint density at radius 1 is 1.14 bits per heavy atom. The molecule has 1 aliphatic heterocycles. The largest absolute Gasteiger partial charge is 0.493 e. The molecule has 0 spiro atoms. The smallest absolute Gasteiger partial charge is 0.254 e. The molecule has 1 aromatic carbocycles. The number of aromatic nitrogens is 1. The van der Waals surface area contributed by atoms with Crippen molar-refractivity contribution in [2.45, 2.75) is 32.0 Å². The number of amides is 1. The topological polar surface area (TPSA) is 91.9 Å². The lowest BCUT2D eigenvalue weighted by atomic mass is 9.78. The molecule has 1 saturated carbocycles. The number of nitrogens with one attached hydrogen (secondary N) is 1. The van der Waals surface area contributed by atoms with Crippen LogP contribution in [0.2, 0.25) is 0 Å². The second kappa shape index (κ2) is 7.91. The summed E-state index contributed by atoms with van der Waals surface area (Å²) in [6, 6.07) is 10.4. The van der Waals surface area contributed by atoms with Crippen molar-refractivity contribution in [3.05, 3.63) is 58.0 Å². The van der Waals surface area contributed by atoms with E-state index in [0.717, 1.165) is 0 Å². The first-order valence-electron chi connectivity index (χ1n) is 9.92. The number of pyridine rings is 1. The summed E-state index contributed by atoms with van der Waals surface area (Å²) in [6.45, 7) is 2.96. The Balaban J connectivity index is 1.46. The van der Waals surface area contributed by atoms with Crippen LogP contribution in [-0.4, -0.2) is 53.3 Å². The number of ether oxygens (including phenoxy) is 2. The van der Waals surface area contributed by atoms with E-state index in [0.29, 0.717) is 48.7 Å². The van der Waals surface area contributed by atoms with Crippen LogP contribution >= 0.6 is 0 Å². The van der Waals surface area contributed by atoms with Gasteiger partial charge in [-0.15, -0.1) is 0 Å². The Morgan fingerprint density at radius 3 is 2.52 bits per heavy atom. The Hall–Kier alpha value is -2.80. The monoisotopic (exact) mass is 398 g/mol. The molecule has 1 aliphatic carbocycles. The van der Waals surface area contributed by atoms with Crippen molar-refractivity contribution in [3.63, 3.8) is 0 Å². The van der Waals surface area contributed by atoms with Crippen LogP contribution in [0, 0.1) is 18.8 Å². The first kappa shape index (κ1) is 19.5. The molecule has 1 amide bonds. The van der Waals surface area contributed by atoms with Crippen LogP contribution in [0.1, 0.15) is 28.9 Å². The number of methoxy groups -OCH3 is 1. The molecule has 2 fully saturated rings. The number of carbonyl (C=O) groups is 1. The van der Waals surface area contributed by atoms with Gasteiger partial charge in [0.25, 0.3) is 5.91 Å². The molecule has 0 bridgehead atoms. The van der Waals surface area contributed by atoms with E-state index in [4.69, 9.17) is 9.47 Å². The second-order valence-electron chi connectivity index (χ2n) is 7.99. The van der Waals surface area contributed by atoms with Crippen molar-refractivity contribution in [3.8, 4) is 11.5 Å². The highest BCUT2D eigenvalue weighted by atomic mass is 16.5. The number of fused-ring (bicyclic) bond motifs is 1. The summed E-state index contributed by atoms with van der Waals surface area (Å²) in [5, 5.41) is 10.6. The summed E-state index contributed by atoms with van der Waals surface area (Å²) in [5.74, 6) is 1.60. The Bertz CT molecular complexity index is 956. The van der Waals surface area contributed by atoms with Gasteiger partial charge >= 0.3 is 0 Å². The molecule has 2 aliphatic rings. The van der Waals surface area contributed by atoms with E-state index >= 15 is 0 Å². The van der Waals surface area contributed by atoms with E-state index in [1.807, 2.05) is 24.3 Å². The summed E-state index contributed by atoms with van der Waals surface area (Å²) in [5.41, 5.74) is 0.802. The number of carbonyl (C=O) groups excluding carboxylic acids is 1. The fourth-order valence-electron chi connectivity index (χ4n) is 4.55. The van der Waals surface area contributed by atoms with Gasteiger partial charge in [-0.3, -0.25) is 9.59 Å². The maximum absolute atomic E-state index is 12.9. The molecular weight excluding hydrogens is 372 g/mol. The van der Waals surface area contributed by atoms with E-state index in [-0.39, 0.29) is 29.4 Å². The number of likely N-dealkylation sites (tertiary alicyclic amines) is 1. The van der Waals surface area contributed by atoms with Crippen LogP contribution in [0.4, 0.5) is 0 Å². The van der Waals surface area contributed by atoms with Crippen LogP contribution in [0.3, 0.4) is 0 Å². The SMILES string of the molecule is COc1ccccc1O[C@@H]1C[C@@H]2CN(C(=O)c3cc(C)[nH]c(=O)c3)C[C@@H]2C[C@H]1O. The zero-order valence-electron chi connectivity index (χ0n) is 16.6. The lowest BCUT2D eigenvalue weighted by Crippen LogP contribution is -2.42. The lowest BCUT2D eigenvalue weighted by molar-refractivity contribution is -0.0240. The predicted octanol–water partition coefficient (Wildman–Crippen LogP) is 1.98. The van der Waals surface area contributed by atoms with Crippen molar-refractivity contribution < 1.29 is 19.4 Å². The molecule has 2 N–H and O–H groups in total. The van der Waals surface area contributed by atoms with E-state index in [1.54, 1.807) is 25.0 Å². The number of aromatic amines is 1. The van der Waals surface area contributed by atoms with Gasteiger partial charge in [0.05, 0.1) is 13.2 Å². The molecule has 154 valence electrons. The van der Waals surface area contributed by atoms with Gasteiger partial charge < -0.3 is 24.5 Å². The van der Waals surface area contributed by atoms with Gasteiger partial charge in [0.1, 0.15) is 6.10 Å². The molecule has 4 atom stereocenters. The molecule has 29 heavy (non-hydrogen) atoms. The van der Waals surface area contributed by atoms with Gasteiger partial charge in [0, 0.05) is 30.4 Å². The molecule has 1 saturated heterocycles. The van der Waals surface area contributed by atoms with Crippen molar-refractivity contribution in [2.75, 3.05) is 20.2 Å². The average Bonchev–Trinajstić information content (AvgIpc) is 3.10. The fourth-order valence-corrected chi connectivity index (χ4v) is 4.55. The van der Waals surface area contributed by atoms with Crippen LogP contribution in [-0.2, 0) is 0 Å². The third kappa shape index (κ3) is 4.00. The third-order valence-electron chi connectivity index (χ3n) is 5.95. The minimum absolute atomic E-state index is 0.134. The number of rotatable bonds is 4. The zero-order valence-corrected chi connectivity index (χ0v) is 16.6. The van der Waals surface area contributed by atoms with Crippen LogP contribution in [0.15, 0.2) is 41.2 Å². The molecule has 0 unspecified atom stereocenters. The van der Waals surface area contributed by atoms with E-state index in [2.05, 4.69) is 4.98 Å². The molecule has 0 radical (unpaired) electrons. The molecule has 7 nitrogen and oxygen atoms in total. The van der Waals surface area contributed by atoms with Gasteiger partial charge in [-0.1, -0.05) is 12.1 Å². The molecule has 7 heteroatoms. The van der Waals surface area contributed by atoms with Crippen molar-refractivity contribution in [2.24, 2.45) is 11.8 Å². The number of aliphatic hydroxyl groups is 1. The Labute approximate surface area is 169 Å². The fraction of sp³-hybridized carbons (Fsp3) is 0.455. The number of para-hydroxylation sites is 2. The number of aliphatic hydroxyl groups excluding tert-OH is 1. The summed E-state index contributed by atoms with van der Waals surface area (Å²) in [7, 11) is 1.59. The van der Waals surface area contributed by atoms with Crippen molar-refractivity contribution in [1.82, 2.24) is 9.88 Å². The maximum atomic E-state index is 12.9. The highest BCUT2D eigenvalue weighted by Crippen LogP contribution is 2.39. The van der Waals surface area contributed by atoms with Gasteiger partial charge in [-0.2, -0.15) is 0 Å². The molecule has 1 aromatic heterocycles. The number of aryl methyl sites for hydroxylation is 1. The highest BCUT2D eigenvalue weighted by Gasteiger charge is 2.44. The summed E-state index contributed by atoms with van der Waals surface area (Å²) in [6.07, 6.45) is 0.313. The van der Waals surface area contributed by atoms with Gasteiger partial charge in [-0.05, 0) is 49.8 Å².